The molecule has 2 rings (SSSR count). The van der Waals surface area contributed by atoms with Gasteiger partial charge in [-0.15, -0.1) is 0 Å². The van der Waals surface area contributed by atoms with Gasteiger partial charge in [-0.3, -0.25) is 0 Å². The lowest BCUT2D eigenvalue weighted by molar-refractivity contribution is 0.196. The van der Waals surface area contributed by atoms with Gasteiger partial charge < -0.3 is 16.0 Å². The zero-order valence-corrected chi connectivity index (χ0v) is 12.7. The quantitative estimate of drug-likeness (QED) is 0.884. The Morgan fingerprint density at radius 2 is 1.90 bits per heavy atom. The molecule has 0 aliphatic heterocycles. The Bertz CT molecular complexity index is 605. The highest BCUT2D eigenvalue weighted by atomic mass is 16.2. The monoisotopic (exact) mass is 285 g/mol. The summed E-state index contributed by atoms with van der Waals surface area (Å²) in [6, 6.07) is 14.0. The predicted octanol–water partition coefficient (Wildman–Crippen LogP) is 3.43. The minimum atomic E-state index is -0.0743. The number of carbonyl (C=O) groups is 1. The molecule has 112 valence electrons. The van der Waals surface area contributed by atoms with Crippen LogP contribution in [-0.4, -0.2) is 30.1 Å². The van der Waals surface area contributed by atoms with E-state index in [4.69, 9.17) is 5.73 Å². The summed E-state index contributed by atoms with van der Waals surface area (Å²) in [6.45, 7) is 5.29. The first-order chi connectivity index (χ1) is 10.1. The number of nitrogens with one attached hydrogen (secondary N) is 1. The summed E-state index contributed by atoms with van der Waals surface area (Å²) in [5.41, 5.74) is 6.39. The second kappa shape index (κ2) is 7.09. The zero-order valence-electron chi connectivity index (χ0n) is 12.7. The van der Waals surface area contributed by atoms with Crippen LogP contribution < -0.4 is 11.1 Å². The summed E-state index contributed by atoms with van der Waals surface area (Å²) in [5, 5.41) is 5.19. The van der Waals surface area contributed by atoms with Crippen molar-refractivity contribution in [3.8, 4) is 0 Å². The van der Waals surface area contributed by atoms with E-state index in [-0.39, 0.29) is 12.1 Å². The van der Waals surface area contributed by atoms with Gasteiger partial charge in [-0.05, 0) is 38.3 Å². The van der Waals surface area contributed by atoms with Gasteiger partial charge in [-0.1, -0.05) is 36.4 Å². The fraction of sp³-hybridized carbons (Fsp3) is 0.353. The first-order valence-electron chi connectivity index (χ1n) is 7.39. The largest absolute Gasteiger partial charge is 0.330 e. The molecule has 0 aliphatic carbocycles. The smallest absolute Gasteiger partial charge is 0.322 e. The number of fused-ring (bicyclic) bond motifs is 1. The third kappa shape index (κ3) is 3.73. The molecule has 0 aliphatic rings. The molecule has 0 spiro atoms. The van der Waals surface area contributed by atoms with Crippen LogP contribution in [0.15, 0.2) is 42.5 Å². The lowest BCUT2D eigenvalue weighted by atomic mass is 10.1. The number of nitrogens with two attached hydrogens (primary N) is 1. The van der Waals surface area contributed by atoms with Gasteiger partial charge in [0.05, 0.1) is 5.69 Å². The average Bonchev–Trinajstić information content (AvgIpc) is 2.47. The van der Waals surface area contributed by atoms with Crippen molar-refractivity contribution in [2.75, 3.05) is 18.4 Å². The molecule has 21 heavy (non-hydrogen) atoms. The van der Waals surface area contributed by atoms with Gasteiger partial charge in [0.25, 0.3) is 0 Å². The molecule has 0 saturated carbocycles. The van der Waals surface area contributed by atoms with E-state index in [9.17, 15) is 4.79 Å². The van der Waals surface area contributed by atoms with Crippen LogP contribution in [0.5, 0.6) is 0 Å². The van der Waals surface area contributed by atoms with Gasteiger partial charge in [0.2, 0.25) is 0 Å². The topological polar surface area (TPSA) is 58.4 Å². The number of amides is 2. The van der Waals surface area contributed by atoms with E-state index in [1.807, 2.05) is 61.2 Å². The maximum Gasteiger partial charge on any atom is 0.322 e. The van der Waals surface area contributed by atoms with E-state index in [2.05, 4.69) is 5.32 Å². The summed E-state index contributed by atoms with van der Waals surface area (Å²) >= 11 is 0. The van der Waals surface area contributed by atoms with E-state index in [1.165, 1.54) is 0 Å². The highest BCUT2D eigenvalue weighted by molar-refractivity contribution is 6.01. The lowest BCUT2D eigenvalue weighted by Crippen LogP contribution is -2.41. The van der Waals surface area contributed by atoms with Gasteiger partial charge in [-0.2, -0.15) is 0 Å². The van der Waals surface area contributed by atoms with Crippen LogP contribution >= 0.6 is 0 Å². The van der Waals surface area contributed by atoms with Crippen LogP contribution in [0.3, 0.4) is 0 Å². The SMILES string of the molecule is CC(C)N(CCCN)C(=O)Nc1cccc2ccccc12. The van der Waals surface area contributed by atoms with E-state index in [1.54, 1.807) is 0 Å². The number of carbonyl (C=O) groups excluding carboxylic acids is 1. The third-order valence-corrected chi connectivity index (χ3v) is 3.52. The van der Waals surface area contributed by atoms with Crippen molar-refractivity contribution in [2.24, 2.45) is 5.73 Å². The van der Waals surface area contributed by atoms with Crippen molar-refractivity contribution in [1.82, 2.24) is 4.90 Å². The van der Waals surface area contributed by atoms with E-state index in [0.29, 0.717) is 13.1 Å². The Balaban J connectivity index is 2.20. The summed E-state index contributed by atoms with van der Waals surface area (Å²) in [4.78, 5) is 14.3. The Hall–Kier alpha value is -2.07. The Morgan fingerprint density at radius 1 is 1.19 bits per heavy atom. The fourth-order valence-electron chi connectivity index (χ4n) is 2.38. The minimum absolute atomic E-state index is 0.0743. The van der Waals surface area contributed by atoms with Crippen LogP contribution in [0, 0.1) is 0 Å². The van der Waals surface area contributed by atoms with Crippen molar-refractivity contribution in [3.63, 3.8) is 0 Å². The second-order valence-electron chi connectivity index (χ2n) is 5.39. The van der Waals surface area contributed by atoms with Crippen molar-refractivity contribution >= 4 is 22.5 Å². The van der Waals surface area contributed by atoms with Crippen LogP contribution in [-0.2, 0) is 0 Å². The third-order valence-electron chi connectivity index (χ3n) is 3.52. The molecule has 4 heteroatoms. The molecule has 4 nitrogen and oxygen atoms in total. The molecule has 3 N–H and O–H groups in total. The first kappa shape index (κ1) is 15.3. The van der Waals surface area contributed by atoms with Gasteiger partial charge >= 0.3 is 6.03 Å². The Morgan fingerprint density at radius 3 is 2.62 bits per heavy atom. The highest BCUT2D eigenvalue weighted by Crippen LogP contribution is 2.23. The molecular formula is C17H23N3O. The van der Waals surface area contributed by atoms with Crippen molar-refractivity contribution in [2.45, 2.75) is 26.3 Å². The van der Waals surface area contributed by atoms with Gasteiger partial charge in [0.1, 0.15) is 0 Å². The predicted molar refractivity (Wildman–Crippen MR) is 88.5 cm³/mol. The Labute approximate surface area is 125 Å². The van der Waals surface area contributed by atoms with E-state index >= 15 is 0 Å². The first-order valence-corrected chi connectivity index (χ1v) is 7.39. The molecule has 0 bridgehead atoms. The lowest BCUT2D eigenvalue weighted by Gasteiger charge is -2.27. The normalized spacial score (nSPS) is 10.9. The van der Waals surface area contributed by atoms with Gasteiger partial charge in [0.15, 0.2) is 0 Å². The number of urea groups is 1. The van der Waals surface area contributed by atoms with Crippen LogP contribution in [0.4, 0.5) is 10.5 Å². The molecule has 2 aromatic rings. The average molecular weight is 285 g/mol. The molecule has 0 fully saturated rings. The molecular weight excluding hydrogens is 262 g/mol. The Kier molecular flexibility index (Phi) is 5.17. The summed E-state index contributed by atoms with van der Waals surface area (Å²) in [7, 11) is 0. The number of anilines is 1. The minimum Gasteiger partial charge on any atom is -0.330 e. The van der Waals surface area contributed by atoms with Crippen molar-refractivity contribution in [1.29, 1.82) is 0 Å². The number of nitrogens with zero attached hydrogens (tertiary/aromatic N) is 1. The molecule has 0 saturated heterocycles. The van der Waals surface area contributed by atoms with Crippen LogP contribution in [0.25, 0.3) is 10.8 Å². The fourth-order valence-corrected chi connectivity index (χ4v) is 2.38. The summed E-state index contributed by atoms with van der Waals surface area (Å²) in [5.74, 6) is 0. The van der Waals surface area contributed by atoms with Crippen molar-refractivity contribution < 1.29 is 4.79 Å². The standard InChI is InChI=1S/C17H23N3O/c1-13(2)20(12-6-11-18)17(21)19-16-10-5-8-14-7-3-4-9-15(14)16/h3-5,7-10,13H,6,11-12,18H2,1-2H3,(H,19,21). The van der Waals surface area contributed by atoms with Crippen LogP contribution in [0.1, 0.15) is 20.3 Å². The van der Waals surface area contributed by atoms with Gasteiger partial charge in [-0.25, -0.2) is 4.79 Å². The molecule has 2 aromatic carbocycles. The van der Waals surface area contributed by atoms with Gasteiger partial charge in [0, 0.05) is 18.0 Å². The molecule has 0 unspecified atom stereocenters. The molecule has 0 aromatic heterocycles. The van der Waals surface area contributed by atoms with Crippen molar-refractivity contribution in [3.05, 3.63) is 42.5 Å². The number of hydrogen-bond donors (Lipinski definition) is 2. The molecule has 0 heterocycles. The van der Waals surface area contributed by atoms with Crippen LogP contribution in [0.2, 0.25) is 0 Å². The zero-order chi connectivity index (χ0) is 15.2. The molecule has 2 amide bonds. The maximum atomic E-state index is 12.5. The second-order valence-corrected chi connectivity index (χ2v) is 5.39. The number of benzene rings is 2. The maximum absolute atomic E-state index is 12.5. The summed E-state index contributed by atoms with van der Waals surface area (Å²) < 4.78 is 0. The van der Waals surface area contributed by atoms with E-state index < -0.39 is 0 Å². The number of rotatable bonds is 5. The molecule has 0 atom stereocenters. The summed E-state index contributed by atoms with van der Waals surface area (Å²) in [6.07, 6.45) is 0.807. The highest BCUT2D eigenvalue weighted by Gasteiger charge is 2.16. The molecule has 0 radical (unpaired) electrons. The number of hydrogen-bond acceptors (Lipinski definition) is 2. The van der Waals surface area contributed by atoms with E-state index in [0.717, 1.165) is 22.9 Å².